The maximum Gasteiger partial charge on any atom is 0.251 e. The summed E-state index contributed by atoms with van der Waals surface area (Å²) in [6.07, 6.45) is 3.02. The van der Waals surface area contributed by atoms with Gasteiger partial charge in [0, 0.05) is 17.7 Å². The highest BCUT2D eigenvalue weighted by Gasteiger charge is 2.08. The van der Waals surface area contributed by atoms with Gasteiger partial charge in [0.05, 0.1) is 0 Å². The molecule has 0 aromatic heterocycles. The Balaban J connectivity index is 2.72. The molecular weight excluding hydrogens is 258 g/mol. The molecule has 0 aliphatic rings. The number of aryl methyl sites for hydroxylation is 1. The van der Waals surface area contributed by atoms with Crippen molar-refractivity contribution in [2.75, 3.05) is 25.2 Å². The lowest BCUT2D eigenvalue weighted by molar-refractivity contribution is 0.0953. The highest BCUT2D eigenvalue weighted by molar-refractivity contribution is 7.98. The third-order valence-electron chi connectivity index (χ3n) is 2.60. The Morgan fingerprint density at radius 3 is 2.95 bits per heavy atom. The number of carbonyl (C=O) groups is 1. The molecule has 0 heterocycles. The van der Waals surface area contributed by atoms with E-state index in [9.17, 15) is 4.79 Å². The third kappa shape index (κ3) is 5.37. The number of hydrogen-bond donors (Lipinski definition) is 2. The molecule has 0 bridgehead atoms. The molecule has 0 atom stereocenters. The zero-order valence-electron chi connectivity index (χ0n) is 11.3. The largest absolute Gasteiger partial charge is 0.384 e. The standard InChI is InChI=1S/C15H19NO2S/c1-12-6-7-13(5-3-9-17)11-14(12)15(18)16-8-4-10-19-2/h6-7,11,17H,4,8-10H2,1-2H3,(H,16,18). The molecule has 0 aliphatic heterocycles. The van der Waals surface area contributed by atoms with Crippen LogP contribution in [0.3, 0.4) is 0 Å². The smallest absolute Gasteiger partial charge is 0.251 e. The summed E-state index contributed by atoms with van der Waals surface area (Å²) in [6.45, 7) is 2.41. The third-order valence-corrected chi connectivity index (χ3v) is 3.30. The monoisotopic (exact) mass is 277 g/mol. The minimum Gasteiger partial charge on any atom is -0.384 e. The van der Waals surface area contributed by atoms with Crippen LogP contribution in [0.1, 0.15) is 27.9 Å². The second kappa shape index (κ2) is 8.63. The van der Waals surface area contributed by atoms with Crippen LogP contribution in [0.15, 0.2) is 18.2 Å². The van der Waals surface area contributed by atoms with Gasteiger partial charge in [-0.05, 0) is 43.0 Å². The summed E-state index contributed by atoms with van der Waals surface area (Å²) in [4.78, 5) is 12.0. The number of rotatable bonds is 5. The first-order chi connectivity index (χ1) is 9.19. The van der Waals surface area contributed by atoms with Crippen LogP contribution >= 0.6 is 11.8 Å². The van der Waals surface area contributed by atoms with Gasteiger partial charge in [-0.25, -0.2) is 0 Å². The summed E-state index contributed by atoms with van der Waals surface area (Å²) in [5.41, 5.74) is 2.32. The van der Waals surface area contributed by atoms with Crippen molar-refractivity contribution in [2.45, 2.75) is 13.3 Å². The van der Waals surface area contributed by atoms with E-state index < -0.39 is 0 Å². The highest BCUT2D eigenvalue weighted by Crippen LogP contribution is 2.10. The van der Waals surface area contributed by atoms with E-state index >= 15 is 0 Å². The van der Waals surface area contributed by atoms with Crippen LogP contribution in [0.25, 0.3) is 0 Å². The number of carbonyl (C=O) groups excluding carboxylic acids is 1. The van der Waals surface area contributed by atoms with Gasteiger partial charge in [0.2, 0.25) is 0 Å². The molecule has 4 heteroatoms. The number of benzene rings is 1. The Morgan fingerprint density at radius 2 is 2.26 bits per heavy atom. The Morgan fingerprint density at radius 1 is 1.47 bits per heavy atom. The second-order valence-electron chi connectivity index (χ2n) is 4.09. The van der Waals surface area contributed by atoms with Crippen LogP contribution in [0.4, 0.5) is 0 Å². The molecule has 1 aromatic carbocycles. The molecule has 1 rings (SSSR count). The molecular formula is C15H19NO2S. The highest BCUT2D eigenvalue weighted by atomic mass is 32.2. The average Bonchev–Trinajstić information content (AvgIpc) is 2.42. The summed E-state index contributed by atoms with van der Waals surface area (Å²) in [6, 6.07) is 5.49. The van der Waals surface area contributed by atoms with Gasteiger partial charge < -0.3 is 10.4 Å². The Kier molecular flexibility index (Phi) is 7.09. The van der Waals surface area contributed by atoms with Crippen LogP contribution in [-0.4, -0.2) is 36.2 Å². The van der Waals surface area contributed by atoms with Crippen molar-refractivity contribution in [1.82, 2.24) is 5.32 Å². The molecule has 0 spiro atoms. The molecule has 0 fully saturated rings. The summed E-state index contributed by atoms with van der Waals surface area (Å²) < 4.78 is 0. The molecule has 102 valence electrons. The SMILES string of the molecule is CSCCCNC(=O)c1cc(C#CCO)ccc1C. The van der Waals surface area contributed by atoms with Crippen molar-refractivity contribution in [3.63, 3.8) is 0 Å². The number of hydrogen-bond acceptors (Lipinski definition) is 3. The molecule has 0 saturated heterocycles. The van der Waals surface area contributed by atoms with Gasteiger partial charge in [-0.15, -0.1) is 0 Å². The van der Waals surface area contributed by atoms with Crippen molar-refractivity contribution in [3.8, 4) is 11.8 Å². The lowest BCUT2D eigenvalue weighted by Crippen LogP contribution is -2.25. The summed E-state index contributed by atoms with van der Waals surface area (Å²) in [7, 11) is 0. The van der Waals surface area contributed by atoms with Crippen LogP contribution in [0.2, 0.25) is 0 Å². The summed E-state index contributed by atoms with van der Waals surface area (Å²) in [5, 5.41) is 11.6. The van der Waals surface area contributed by atoms with Crippen LogP contribution in [-0.2, 0) is 0 Å². The molecule has 19 heavy (non-hydrogen) atoms. The van der Waals surface area contributed by atoms with E-state index in [1.807, 2.05) is 19.1 Å². The van der Waals surface area contributed by atoms with E-state index in [-0.39, 0.29) is 12.5 Å². The lowest BCUT2D eigenvalue weighted by atomic mass is 10.0. The minimum absolute atomic E-state index is 0.0637. The van der Waals surface area contributed by atoms with Crippen molar-refractivity contribution < 1.29 is 9.90 Å². The molecule has 2 N–H and O–H groups in total. The van der Waals surface area contributed by atoms with Gasteiger partial charge in [-0.1, -0.05) is 17.9 Å². The Labute approximate surface area is 118 Å². The quantitative estimate of drug-likeness (QED) is 0.637. The van der Waals surface area contributed by atoms with E-state index in [0.717, 1.165) is 23.3 Å². The van der Waals surface area contributed by atoms with E-state index in [0.29, 0.717) is 12.1 Å². The number of aliphatic hydroxyl groups excluding tert-OH is 1. The van der Waals surface area contributed by atoms with Crippen LogP contribution in [0.5, 0.6) is 0 Å². The van der Waals surface area contributed by atoms with Crippen molar-refractivity contribution >= 4 is 17.7 Å². The van der Waals surface area contributed by atoms with Gasteiger partial charge in [-0.3, -0.25) is 4.79 Å². The fourth-order valence-corrected chi connectivity index (χ4v) is 2.03. The number of thioether (sulfide) groups is 1. The maximum atomic E-state index is 12.0. The molecule has 0 saturated carbocycles. The fraction of sp³-hybridized carbons (Fsp3) is 0.400. The van der Waals surface area contributed by atoms with Gasteiger partial charge >= 0.3 is 0 Å². The van der Waals surface area contributed by atoms with Crippen molar-refractivity contribution in [2.24, 2.45) is 0 Å². The molecule has 3 nitrogen and oxygen atoms in total. The second-order valence-corrected chi connectivity index (χ2v) is 5.08. The summed E-state index contributed by atoms with van der Waals surface area (Å²) >= 11 is 1.77. The van der Waals surface area contributed by atoms with Gasteiger partial charge in [0.25, 0.3) is 5.91 Å². The molecule has 0 aliphatic carbocycles. The van der Waals surface area contributed by atoms with Crippen molar-refractivity contribution in [3.05, 3.63) is 34.9 Å². The lowest BCUT2D eigenvalue weighted by Gasteiger charge is -2.08. The first-order valence-corrected chi connectivity index (χ1v) is 7.56. The zero-order chi connectivity index (χ0) is 14.1. The van der Waals surface area contributed by atoms with Crippen LogP contribution < -0.4 is 5.32 Å². The molecule has 0 radical (unpaired) electrons. The molecule has 1 aromatic rings. The summed E-state index contributed by atoms with van der Waals surface area (Å²) in [5.74, 6) is 6.37. The molecule has 1 amide bonds. The van der Waals surface area contributed by atoms with Gasteiger partial charge in [0.1, 0.15) is 6.61 Å². The van der Waals surface area contributed by atoms with E-state index in [1.54, 1.807) is 17.8 Å². The van der Waals surface area contributed by atoms with Crippen LogP contribution in [0, 0.1) is 18.8 Å². The number of nitrogens with one attached hydrogen (secondary N) is 1. The minimum atomic E-state index is -0.176. The predicted molar refractivity (Wildman–Crippen MR) is 80.5 cm³/mol. The number of aliphatic hydroxyl groups is 1. The Bertz CT molecular complexity index is 489. The van der Waals surface area contributed by atoms with E-state index in [1.165, 1.54) is 0 Å². The predicted octanol–water partition coefficient (Wildman–Crippen LogP) is 1.82. The first-order valence-electron chi connectivity index (χ1n) is 6.16. The van der Waals surface area contributed by atoms with E-state index in [4.69, 9.17) is 5.11 Å². The zero-order valence-corrected chi connectivity index (χ0v) is 12.1. The Hall–Kier alpha value is -1.44. The molecule has 0 unspecified atom stereocenters. The first kappa shape index (κ1) is 15.6. The normalized spacial score (nSPS) is 9.63. The fourth-order valence-electron chi connectivity index (χ4n) is 1.60. The van der Waals surface area contributed by atoms with Gasteiger partial charge in [-0.2, -0.15) is 11.8 Å². The maximum absolute atomic E-state index is 12.0. The average molecular weight is 277 g/mol. The van der Waals surface area contributed by atoms with E-state index in [2.05, 4.69) is 23.4 Å². The van der Waals surface area contributed by atoms with Gasteiger partial charge in [0.15, 0.2) is 0 Å². The van der Waals surface area contributed by atoms with Crippen molar-refractivity contribution in [1.29, 1.82) is 0 Å². The number of amides is 1. The topological polar surface area (TPSA) is 49.3 Å².